The molecule has 4 rings (SSSR count). The molecule has 0 N–H and O–H groups in total. The van der Waals surface area contributed by atoms with Crippen LogP contribution in [0.5, 0.6) is 0 Å². The average molecular weight is 356 g/mol. The van der Waals surface area contributed by atoms with Crippen LogP contribution in [0.1, 0.15) is 23.4 Å². The molecule has 0 amide bonds. The van der Waals surface area contributed by atoms with E-state index in [9.17, 15) is 0 Å². The second-order valence-electron chi connectivity index (χ2n) is 5.90. The summed E-state index contributed by atoms with van der Waals surface area (Å²) in [5.74, 6) is 0. The maximum absolute atomic E-state index is 6.39. The first-order valence-electron chi connectivity index (χ1n) is 7.76. The highest BCUT2D eigenvalue weighted by atomic mass is 35.5. The lowest BCUT2D eigenvalue weighted by Crippen LogP contribution is -2.08. The Morgan fingerprint density at radius 2 is 1.96 bits per heavy atom. The van der Waals surface area contributed by atoms with E-state index < -0.39 is 0 Å². The molecule has 0 saturated carbocycles. The first kappa shape index (κ1) is 15.4. The van der Waals surface area contributed by atoms with Gasteiger partial charge in [0.25, 0.3) is 0 Å². The monoisotopic (exact) mass is 355 g/mol. The Morgan fingerprint density at radius 3 is 2.75 bits per heavy atom. The van der Waals surface area contributed by atoms with Crippen molar-refractivity contribution in [1.82, 2.24) is 14.8 Å². The SMILES string of the molecule is Cc1cc(-c2cnn3c2C=C(c2ccc(Cl)cc2Cl)CC3)ccn1. The van der Waals surface area contributed by atoms with Crippen molar-refractivity contribution < 1.29 is 0 Å². The molecule has 0 saturated heterocycles. The lowest BCUT2D eigenvalue weighted by atomic mass is 9.97. The summed E-state index contributed by atoms with van der Waals surface area (Å²) in [6.45, 7) is 2.83. The maximum atomic E-state index is 6.39. The van der Waals surface area contributed by atoms with Gasteiger partial charge >= 0.3 is 0 Å². The topological polar surface area (TPSA) is 30.7 Å². The van der Waals surface area contributed by atoms with Crippen molar-refractivity contribution in [3.8, 4) is 11.1 Å². The van der Waals surface area contributed by atoms with Crippen molar-refractivity contribution in [3.05, 3.63) is 69.7 Å². The summed E-state index contributed by atoms with van der Waals surface area (Å²) in [7, 11) is 0. The first-order valence-corrected chi connectivity index (χ1v) is 8.52. The molecule has 0 aliphatic carbocycles. The molecule has 2 aromatic heterocycles. The first-order chi connectivity index (χ1) is 11.6. The summed E-state index contributed by atoms with van der Waals surface area (Å²) < 4.78 is 2.04. The molecule has 0 spiro atoms. The Balaban J connectivity index is 1.82. The molecule has 3 aromatic rings. The van der Waals surface area contributed by atoms with Gasteiger partial charge in [-0.1, -0.05) is 29.3 Å². The molecule has 1 aliphatic heterocycles. The molecule has 3 heterocycles. The normalized spacial score (nSPS) is 13.5. The Bertz CT molecular complexity index is 957. The summed E-state index contributed by atoms with van der Waals surface area (Å²) in [6, 6.07) is 9.75. The number of rotatable bonds is 2. The van der Waals surface area contributed by atoms with Crippen LogP contribution in [-0.2, 0) is 6.54 Å². The minimum atomic E-state index is 0.651. The number of allylic oxidation sites excluding steroid dienone is 1. The zero-order chi connectivity index (χ0) is 16.7. The van der Waals surface area contributed by atoms with Gasteiger partial charge < -0.3 is 0 Å². The molecule has 1 aromatic carbocycles. The standard InChI is InChI=1S/C19H15Cl2N3/c1-12-8-13(4-6-22-12)17-11-23-24-7-5-14(9-19(17)24)16-3-2-15(20)10-18(16)21/h2-4,6,8-11H,5,7H2,1H3. The van der Waals surface area contributed by atoms with Crippen LogP contribution in [0.3, 0.4) is 0 Å². The van der Waals surface area contributed by atoms with Gasteiger partial charge in [0.1, 0.15) is 0 Å². The third-order valence-electron chi connectivity index (χ3n) is 4.27. The van der Waals surface area contributed by atoms with E-state index in [0.717, 1.165) is 41.0 Å². The third kappa shape index (κ3) is 2.74. The van der Waals surface area contributed by atoms with Gasteiger partial charge in [-0.3, -0.25) is 9.67 Å². The van der Waals surface area contributed by atoms with Crippen molar-refractivity contribution in [2.45, 2.75) is 19.9 Å². The fraction of sp³-hybridized carbons (Fsp3) is 0.158. The van der Waals surface area contributed by atoms with Crippen molar-refractivity contribution in [2.24, 2.45) is 0 Å². The maximum Gasteiger partial charge on any atom is 0.0691 e. The van der Waals surface area contributed by atoms with E-state index in [1.807, 2.05) is 42.2 Å². The van der Waals surface area contributed by atoms with Crippen LogP contribution < -0.4 is 0 Å². The zero-order valence-electron chi connectivity index (χ0n) is 13.1. The van der Waals surface area contributed by atoms with Crippen molar-refractivity contribution in [2.75, 3.05) is 0 Å². The van der Waals surface area contributed by atoms with Gasteiger partial charge in [0.2, 0.25) is 0 Å². The van der Waals surface area contributed by atoms with Gasteiger partial charge in [0.15, 0.2) is 0 Å². The van der Waals surface area contributed by atoms with E-state index in [-0.39, 0.29) is 0 Å². The van der Waals surface area contributed by atoms with Crippen molar-refractivity contribution in [3.63, 3.8) is 0 Å². The highest BCUT2D eigenvalue weighted by Gasteiger charge is 2.18. The highest BCUT2D eigenvalue weighted by molar-refractivity contribution is 6.35. The van der Waals surface area contributed by atoms with Gasteiger partial charge in [-0.2, -0.15) is 5.10 Å². The Labute approximate surface area is 150 Å². The molecule has 1 aliphatic rings. The molecule has 0 radical (unpaired) electrons. The van der Waals surface area contributed by atoms with Crippen LogP contribution in [0.25, 0.3) is 22.8 Å². The molecule has 5 heteroatoms. The van der Waals surface area contributed by atoms with Gasteiger partial charge in [-0.05, 0) is 60.4 Å². The quantitative estimate of drug-likeness (QED) is 0.607. The van der Waals surface area contributed by atoms with E-state index >= 15 is 0 Å². The second-order valence-corrected chi connectivity index (χ2v) is 6.74. The molecular weight excluding hydrogens is 341 g/mol. The Hall–Kier alpha value is -2.10. The minimum absolute atomic E-state index is 0.651. The van der Waals surface area contributed by atoms with E-state index in [0.29, 0.717) is 10.0 Å². The average Bonchev–Trinajstić information content (AvgIpc) is 2.98. The van der Waals surface area contributed by atoms with Crippen LogP contribution in [0.4, 0.5) is 0 Å². The summed E-state index contributed by atoms with van der Waals surface area (Å²) in [6.07, 6.45) is 6.83. The fourth-order valence-corrected chi connectivity index (χ4v) is 3.62. The molecule has 24 heavy (non-hydrogen) atoms. The van der Waals surface area contributed by atoms with Crippen LogP contribution in [0.2, 0.25) is 10.0 Å². The number of benzene rings is 1. The number of pyridine rings is 1. The van der Waals surface area contributed by atoms with Crippen molar-refractivity contribution >= 4 is 34.9 Å². The number of nitrogens with zero attached hydrogens (tertiary/aromatic N) is 3. The summed E-state index contributed by atoms with van der Waals surface area (Å²) in [4.78, 5) is 4.27. The predicted octanol–water partition coefficient (Wildman–Crippen LogP) is 5.50. The largest absolute Gasteiger partial charge is 0.265 e. The number of aromatic nitrogens is 3. The van der Waals surface area contributed by atoms with E-state index in [1.165, 1.54) is 5.57 Å². The zero-order valence-corrected chi connectivity index (χ0v) is 14.6. The van der Waals surface area contributed by atoms with Gasteiger partial charge in [0.05, 0.1) is 11.9 Å². The van der Waals surface area contributed by atoms with E-state index in [4.69, 9.17) is 23.2 Å². The number of fused-ring (bicyclic) bond motifs is 1. The van der Waals surface area contributed by atoms with Crippen LogP contribution in [0, 0.1) is 6.92 Å². The Morgan fingerprint density at radius 1 is 1.08 bits per heavy atom. The fourth-order valence-electron chi connectivity index (χ4n) is 3.09. The van der Waals surface area contributed by atoms with Crippen LogP contribution >= 0.6 is 23.2 Å². The van der Waals surface area contributed by atoms with Crippen LogP contribution in [0.15, 0.2) is 42.7 Å². The second kappa shape index (κ2) is 6.08. The number of aryl methyl sites for hydroxylation is 2. The number of halogens is 2. The summed E-state index contributed by atoms with van der Waals surface area (Å²) in [5.41, 5.74) is 6.58. The Kier molecular flexibility index (Phi) is 3.91. The molecule has 120 valence electrons. The van der Waals surface area contributed by atoms with E-state index in [2.05, 4.69) is 22.2 Å². The van der Waals surface area contributed by atoms with Gasteiger partial charge in [-0.25, -0.2) is 0 Å². The molecule has 3 nitrogen and oxygen atoms in total. The number of hydrogen-bond donors (Lipinski definition) is 0. The predicted molar refractivity (Wildman–Crippen MR) is 99.1 cm³/mol. The molecule has 0 atom stereocenters. The highest BCUT2D eigenvalue weighted by Crippen LogP contribution is 2.36. The lowest BCUT2D eigenvalue weighted by molar-refractivity contribution is 0.616. The van der Waals surface area contributed by atoms with Gasteiger partial charge in [0, 0.05) is 34.0 Å². The van der Waals surface area contributed by atoms with Crippen LogP contribution in [-0.4, -0.2) is 14.8 Å². The molecule has 0 unspecified atom stereocenters. The van der Waals surface area contributed by atoms with Crippen molar-refractivity contribution in [1.29, 1.82) is 0 Å². The number of hydrogen-bond acceptors (Lipinski definition) is 2. The summed E-state index contributed by atoms with van der Waals surface area (Å²) >= 11 is 12.4. The van der Waals surface area contributed by atoms with Gasteiger partial charge in [-0.15, -0.1) is 0 Å². The smallest absolute Gasteiger partial charge is 0.0691 e. The molecular formula is C19H15Cl2N3. The minimum Gasteiger partial charge on any atom is -0.265 e. The molecule has 0 fully saturated rings. The lowest BCUT2D eigenvalue weighted by Gasteiger charge is -2.17. The third-order valence-corrected chi connectivity index (χ3v) is 4.82. The van der Waals surface area contributed by atoms with E-state index in [1.54, 1.807) is 6.07 Å². The summed E-state index contributed by atoms with van der Waals surface area (Å²) in [5, 5.41) is 5.86. The molecule has 0 bridgehead atoms.